The van der Waals surface area contributed by atoms with Gasteiger partial charge in [-0.15, -0.1) is 0 Å². The molecule has 2 aromatic rings. The van der Waals surface area contributed by atoms with Gasteiger partial charge in [-0.3, -0.25) is 5.43 Å². The van der Waals surface area contributed by atoms with Crippen molar-refractivity contribution in [3.8, 4) is 11.5 Å². The third-order valence-corrected chi connectivity index (χ3v) is 3.75. The minimum absolute atomic E-state index is 0.0461. The molecule has 0 aliphatic rings. The second kappa shape index (κ2) is 8.82. The molecule has 0 bridgehead atoms. The maximum Gasteiger partial charge on any atom is 0.340 e. The van der Waals surface area contributed by atoms with Crippen molar-refractivity contribution in [3.63, 3.8) is 0 Å². The van der Waals surface area contributed by atoms with E-state index in [1.165, 1.54) is 20.4 Å². The van der Waals surface area contributed by atoms with Crippen LogP contribution in [0.25, 0.3) is 0 Å². The van der Waals surface area contributed by atoms with Crippen LogP contribution in [0.1, 0.15) is 21.5 Å². The second-order valence-electron chi connectivity index (χ2n) is 5.21. The number of methoxy groups -OCH3 is 2. The topological polar surface area (TPSA) is 92.2 Å². The van der Waals surface area contributed by atoms with Crippen molar-refractivity contribution in [1.29, 1.82) is 0 Å². The number of aromatic carboxylic acids is 1. The largest absolute Gasteiger partial charge is 0.493 e. The number of nitrogens with zero attached hydrogens (tertiary/aromatic N) is 1. The Kier molecular flexibility index (Phi) is 6.51. The highest BCUT2D eigenvalue weighted by atomic mass is 32.1. The van der Waals surface area contributed by atoms with Crippen molar-refractivity contribution in [2.45, 2.75) is 6.92 Å². The van der Waals surface area contributed by atoms with E-state index in [4.69, 9.17) is 21.7 Å². The van der Waals surface area contributed by atoms with Crippen molar-refractivity contribution < 1.29 is 19.4 Å². The van der Waals surface area contributed by atoms with Gasteiger partial charge in [-0.25, -0.2) is 4.79 Å². The molecule has 0 unspecified atom stereocenters. The van der Waals surface area contributed by atoms with Crippen LogP contribution < -0.4 is 20.2 Å². The summed E-state index contributed by atoms with van der Waals surface area (Å²) in [6.07, 6.45) is 1.36. The number of para-hydroxylation sites is 1. The summed E-state index contributed by atoms with van der Waals surface area (Å²) in [4.78, 5) is 11.6. The number of carboxylic acids is 1. The van der Waals surface area contributed by atoms with E-state index in [2.05, 4.69) is 15.8 Å². The molecule has 0 amide bonds. The van der Waals surface area contributed by atoms with Gasteiger partial charge in [-0.2, -0.15) is 5.10 Å². The molecule has 3 N–H and O–H groups in total. The van der Waals surface area contributed by atoms with Crippen LogP contribution in [0.4, 0.5) is 5.69 Å². The fourth-order valence-electron chi connectivity index (χ4n) is 2.29. The summed E-state index contributed by atoms with van der Waals surface area (Å²) < 4.78 is 10.3. The van der Waals surface area contributed by atoms with E-state index in [0.717, 1.165) is 11.3 Å². The van der Waals surface area contributed by atoms with E-state index in [9.17, 15) is 9.90 Å². The van der Waals surface area contributed by atoms with Crippen LogP contribution >= 0.6 is 12.2 Å². The number of rotatable bonds is 6. The number of aryl methyl sites for hydroxylation is 1. The Morgan fingerprint density at radius 3 is 2.54 bits per heavy atom. The van der Waals surface area contributed by atoms with Gasteiger partial charge in [0.1, 0.15) is 5.56 Å². The summed E-state index contributed by atoms with van der Waals surface area (Å²) in [6.45, 7) is 1.96. The number of hydrazone groups is 1. The Morgan fingerprint density at radius 2 is 1.92 bits per heavy atom. The molecule has 0 heterocycles. The summed E-state index contributed by atoms with van der Waals surface area (Å²) in [7, 11) is 2.82. The van der Waals surface area contributed by atoms with Crippen LogP contribution in [0.15, 0.2) is 41.5 Å². The molecule has 0 spiro atoms. The van der Waals surface area contributed by atoms with Gasteiger partial charge >= 0.3 is 5.97 Å². The molecule has 0 radical (unpaired) electrons. The maximum atomic E-state index is 11.6. The zero-order valence-corrected chi connectivity index (χ0v) is 15.4. The number of benzene rings is 2. The lowest BCUT2D eigenvalue weighted by molar-refractivity contribution is 0.0692. The van der Waals surface area contributed by atoms with E-state index in [0.29, 0.717) is 11.3 Å². The maximum absolute atomic E-state index is 11.6. The molecule has 0 aromatic heterocycles. The molecule has 26 heavy (non-hydrogen) atoms. The van der Waals surface area contributed by atoms with Gasteiger partial charge < -0.3 is 19.9 Å². The van der Waals surface area contributed by atoms with Gasteiger partial charge in [0, 0.05) is 11.3 Å². The molecular weight excluding hydrogens is 354 g/mol. The molecule has 0 fully saturated rings. The molecule has 0 saturated carbocycles. The molecule has 2 rings (SSSR count). The van der Waals surface area contributed by atoms with Crippen LogP contribution in [-0.4, -0.2) is 36.6 Å². The zero-order valence-electron chi connectivity index (χ0n) is 14.6. The van der Waals surface area contributed by atoms with Crippen LogP contribution in [0.5, 0.6) is 11.5 Å². The first kappa shape index (κ1) is 19.2. The van der Waals surface area contributed by atoms with Gasteiger partial charge in [0.15, 0.2) is 16.6 Å². The Balaban J connectivity index is 2.16. The molecule has 136 valence electrons. The van der Waals surface area contributed by atoms with E-state index >= 15 is 0 Å². The van der Waals surface area contributed by atoms with Gasteiger partial charge in [-0.1, -0.05) is 18.2 Å². The SMILES string of the molecule is COc1ccc(/C=N\NC(=S)Nc2ccccc2C)c(C(=O)O)c1OC. The molecule has 8 heteroatoms. The Labute approximate surface area is 156 Å². The third kappa shape index (κ3) is 4.48. The number of hydrogen-bond acceptors (Lipinski definition) is 5. The van der Waals surface area contributed by atoms with E-state index in [1.807, 2.05) is 31.2 Å². The van der Waals surface area contributed by atoms with E-state index in [1.54, 1.807) is 12.1 Å². The number of carbonyl (C=O) groups is 1. The van der Waals surface area contributed by atoms with Gasteiger partial charge in [0.05, 0.1) is 20.4 Å². The molecule has 2 aromatic carbocycles. The minimum Gasteiger partial charge on any atom is -0.493 e. The van der Waals surface area contributed by atoms with Crippen LogP contribution in [0, 0.1) is 6.92 Å². The molecule has 0 saturated heterocycles. The number of anilines is 1. The summed E-state index contributed by atoms with van der Waals surface area (Å²) in [6, 6.07) is 10.9. The summed E-state index contributed by atoms with van der Waals surface area (Å²) in [5.74, 6) is -0.695. The summed E-state index contributed by atoms with van der Waals surface area (Å²) in [5, 5.41) is 16.8. The van der Waals surface area contributed by atoms with Crippen molar-refractivity contribution >= 4 is 35.2 Å². The number of thiocarbonyl (C=S) groups is 1. The predicted octanol–water partition coefficient (Wildman–Crippen LogP) is 3.03. The van der Waals surface area contributed by atoms with Crippen LogP contribution in [0.3, 0.4) is 0 Å². The van der Waals surface area contributed by atoms with Crippen molar-refractivity contribution in [1.82, 2.24) is 5.43 Å². The van der Waals surface area contributed by atoms with Crippen molar-refractivity contribution in [3.05, 3.63) is 53.1 Å². The number of ether oxygens (including phenoxy) is 2. The van der Waals surface area contributed by atoms with Crippen molar-refractivity contribution in [2.75, 3.05) is 19.5 Å². The fourth-order valence-corrected chi connectivity index (χ4v) is 2.46. The number of hydrogen-bond donors (Lipinski definition) is 3. The molecule has 7 nitrogen and oxygen atoms in total. The first-order chi connectivity index (χ1) is 12.5. The molecule has 0 atom stereocenters. The molecule has 0 aliphatic heterocycles. The first-order valence-electron chi connectivity index (χ1n) is 7.62. The monoisotopic (exact) mass is 373 g/mol. The normalized spacial score (nSPS) is 10.4. The third-order valence-electron chi connectivity index (χ3n) is 3.55. The molecular formula is C18H19N3O4S. The lowest BCUT2D eigenvalue weighted by Gasteiger charge is -2.12. The Morgan fingerprint density at radius 1 is 1.19 bits per heavy atom. The zero-order chi connectivity index (χ0) is 19.1. The molecule has 0 aliphatic carbocycles. The van der Waals surface area contributed by atoms with Crippen molar-refractivity contribution in [2.24, 2.45) is 5.10 Å². The highest BCUT2D eigenvalue weighted by Gasteiger charge is 2.20. The van der Waals surface area contributed by atoms with E-state index in [-0.39, 0.29) is 16.4 Å². The van der Waals surface area contributed by atoms with Crippen LogP contribution in [-0.2, 0) is 0 Å². The lowest BCUT2D eigenvalue weighted by atomic mass is 10.1. The highest BCUT2D eigenvalue weighted by molar-refractivity contribution is 7.80. The number of nitrogens with one attached hydrogen (secondary N) is 2. The standard InChI is InChI=1S/C18H19N3O4S/c1-11-6-4-5-7-13(11)20-18(26)21-19-10-12-8-9-14(24-2)16(25-3)15(12)17(22)23/h4-10H,1-3H3,(H,22,23)(H2,20,21,26)/b19-10-. The first-order valence-corrected chi connectivity index (χ1v) is 8.02. The quantitative estimate of drug-likeness (QED) is 0.407. The van der Waals surface area contributed by atoms with Crippen LogP contribution in [0.2, 0.25) is 0 Å². The predicted molar refractivity (Wildman–Crippen MR) is 105 cm³/mol. The highest BCUT2D eigenvalue weighted by Crippen LogP contribution is 2.32. The van der Waals surface area contributed by atoms with Gasteiger partial charge in [-0.05, 0) is 42.9 Å². The second-order valence-corrected chi connectivity index (χ2v) is 5.62. The summed E-state index contributed by atoms with van der Waals surface area (Å²) in [5.41, 5.74) is 4.86. The number of carboxylic acid groups (broad SMARTS) is 1. The summed E-state index contributed by atoms with van der Waals surface area (Å²) >= 11 is 5.19. The lowest BCUT2D eigenvalue weighted by Crippen LogP contribution is -2.24. The Bertz CT molecular complexity index is 852. The van der Waals surface area contributed by atoms with Gasteiger partial charge in [0.25, 0.3) is 0 Å². The minimum atomic E-state index is -1.15. The van der Waals surface area contributed by atoms with E-state index < -0.39 is 5.97 Å². The average molecular weight is 373 g/mol. The average Bonchev–Trinajstić information content (AvgIpc) is 2.62. The van der Waals surface area contributed by atoms with Gasteiger partial charge in [0.2, 0.25) is 0 Å². The fraction of sp³-hybridized carbons (Fsp3) is 0.167. The Hall–Kier alpha value is -3.13. The smallest absolute Gasteiger partial charge is 0.340 e.